The van der Waals surface area contributed by atoms with Crippen LogP contribution in [0.5, 0.6) is 5.75 Å². The minimum absolute atomic E-state index is 0.0598. The third kappa shape index (κ3) is 4.82. The maximum Gasteiger partial charge on any atom is 0.123 e. The van der Waals surface area contributed by atoms with Crippen LogP contribution in [0.25, 0.3) is 0 Å². The molecular weight excluding hydrogens is 240 g/mol. The molecule has 4 heteroatoms. The van der Waals surface area contributed by atoms with E-state index in [-0.39, 0.29) is 6.04 Å². The van der Waals surface area contributed by atoms with Gasteiger partial charge >= 0.3 is 0 Å². The summed E-state index contributed by atoms with van der Waals surface area (Å²) in [5, 5.41) is 0. The normalized spacial score (nSPS) is 13.0. The van der Waals surface area contributed by atoms with E-state index in [1.165, 1.54) is 0 Å². The van der Waals surface area contributed by atoms with Gasteiger partial charge in [-0.05, 0) is 19.9 Å². The predicted molar refractivity (Wildman–Crippen MR) is 78.5 cm³/mol. The summed E-state index contributed by atoms with van der Waals surface area (Å²) in [5.41, 5.74) is 7.37. The Morgan fingerprint density at radius 1 is 1.21 bits per heavy atom. The lowest BCUT2D eigenvalue weighted by Gasteiger charge is -2.29. The summed E-state index contributed by atoms with van der Waals surface area (Å²) in [7, 11) is 3.40. The SMILES string of the molecule is COCCN(CC(N)c1ccccc1OC)C(C)C. The maximum atomic E-state index is 6.32. The van der Waals surface area contributed by atoms with Gasteiger partial charge in [0.25, 0.3) is 0 Å². The number of hydrogen-bond donors (Lipinski definition) is 1. The van der Waals surface area contributed by atoms with Gasteiger partial charge in [-0.15, -0.1) is 0 Å². The summed E-state index contributed by atoms with van der Waals surface area (Å²) >= 11 is 0. The van der Waals surface area contributed by atoms with Crippen LogP contribution in [0.15, 0.2) is 24.3 Å². The first-order chi connectivity index (χ1) is 9.10. The zero-order chi connectivity index (χ0) is 14.3. The van der Waals surface area contributed by atoms with E-state index < -0.39 is 0 Å². The highest BCUT2D eigenvalue weighted by molar-refractivity contribution is 5.35. The summed E-state index contributed by atoms with van der Waals surface area (Å²) in [4.78, 5) is 2.32. The van der Waals surface area contributed by atoms with Crippen molar-refractivity contribution in [2.24, 2.45) is 5.73 Å². The van der Waals surface area contributed by atoms with E-state index in [1.54, 1.807) is 14.2 Å². The molecule has 0 heterocycles. The lowest BCUT2D eigenvalue weighted by atomic mass is 10.1. The van der Waals surface area contributed by atoms with Gasteiger partial charge < -0.3 is 15.2 Å². The molecule has 1 aromatic carbocycles. The number of nitrogens with zero attached hydrogens (tertiary/aromatic N) is 1. The third-order valence-electron chi connectivity index (χ3n) is 3.28. The van der Waals surface area contributed by atoms with Gasteiger partial charge in [0.2, 0.25) is 0 Å². The summed E-state index contributed by atoms with van der Waals surface area (Å²) in [6.07, 6.45) is 0. The Morgan fingerprint density at radius 2 is 1.89 bits per heavy atom. The third-order valence-corrected chi connectivity index (χ3v) is 3.28. The first kappa shape index (κ1) is 16.0. The Balaban J connectivity index is 2.72. The Morgan fingerprint density at radius 3 is 2.47 bits per heavy atom. The number of nitrogens with two attached hydrogens (primary N) is 1. The van der Waals surface area contributed by atoms with Gasteiger partial charge in [0.1, 0.15) is 5.75 Å². The molecule has 1 rings (SSSR count). The Hall–Kier alpha value is -1.10. The first-order valence-corrected chi connectivity index (χ1v) is 6.71. The number of benzene rings is 1. The fraction of sp³-hybridized carbons (Fsp3) is 0.600. The molecule has 2 N–H and O–H groups in total. The van der Waals surface area contributed by atoms with Gasteiger partial charge in [-0.2, -0.15) is 0 Å². The van der Waals surface area contributed by atoms with E-state index in [2.05, 4.69) is 18.7 Å². The fourth-order valence-electron chi connectivity index (χ4n) is 2.09. The Labute approximate surface area is 116 Å². The molecule has 0 saturated heterocycles. The molecule has 0 saturated carbocycles. The molecule has 0 fully saturated rings. The molecule has 0 spiro atoms. The van der Waals surface area contributed by atoms with E-state index in [0.29, 0.717) is 6.04 Å². The highest BCUT2D eigenvalue weighted by Crippen LogP contribution is 2.24. The quantitative estimate of drug-likeness (QED) is 0.782. The van der Waals surface area contributed by atoms with E-state index in [0.717, 1.165) is 31.0 Å². The van der Waals surface area contributed by atoms with Crippen LogP contribution in [0.4, 0.5) is 0 Å². The minimum atomic E-state index is -0.0598. The van der Waals surface area contributed by atoms with Crippen molar-refractivity contribution in [2.75, 3.05) is 33.9 Å². The van der Waals surface area contributed by atoms with Crippen LogP contribution >= 0.6 is 0 Å². The lowest BCUT2D eigenvalue weighted by molar-refractivity contribution is 0.124. The van der Waals surface area contributed by atoms with Gasteiger partial charge in [0.05, 0.1) is 13.7 Å². The second kappa shape index (κ2) is 8.15. The molecule has 0 radical (unpaired) electrons. The summed E-state index contributed by atoms with van der Waals surface area (Å²) < 4.78 is 10.5. The van der Waals surface area contributed by atoms with Crippen molar-refractivity contribution in [3.8, 4) is 5.75 Å². The molecule has 0 aliphatic rings. The predicted octanol–water partition coefficient (Wildman–Crippen LogP) is 2.05. The lowest BCUT2D eigenvalue weighted by Crippen LogP contribution is -2.39. The molecule has 0 aliphatic carbocycles. The highest BCUT2D eigenvalue weighted by atomic mass is 16.5. The molecular formula is C15H26N2O2. The van der Waals surface area contributed by atoms with Crippen LogP contribution in [0.3, 0.4) is 0 Å². The number of hydrogen-bond acceptors (Lipinski definition) is 4. The van der Waals surface area contributed by atoms with Crippen LogP contribution in [-0.2, 0) is 4.74 Å². The Bertz CT molecular complexity index is 369. The number of methoxy groups -OCH3 is 2. The minimum Gasteiger partial charge on any atom is -0.496 e. The molecule has 1 unspecified atom stereocenters. The van der Waals surface area contributed by atoms with E-state index in [9.17, 15) is 0 Å². The molecule has 19 heavy (non-hydrogen) atoms. The van der Waals surface area contributed by atoms with Crippen molar-refractivity contribution in [1.82, 2.24) is 4.90 Å². The fourth-order valence-corrected chi connectivity index (χ4v) is 2.09. The first-order valence-electron chi connectivity index (χ1n) is 6.71. The van der Waals surface area contributed by atoms with Crippen molar-refractivity contribution < 1.29 is 9.47 Å². The van der Waals surface area contributed by atoms with Gasteiger partial charge in [-0.1, -0.05) is 18.2 Å². The van der Waals surface area contributed by atoms with Crippen LogP contribution in [0, 0.1) is 0 Å². The van der Waals surface area contributed by atoms with Crippen molar-refractivity contribution in [3.63, 3.8) is 0 Å². The highest BCUT2D eigenvalue weighted by Gasteiger charge is 2.17. The van der Waals surface area contributed by atoms with Crippen molar-refractivity contribution in [2.45, 2.75) is 25.9 Å². The standard InChI is InChI=1S/C15H26N2O2/c1-12(2)17(9-10-18-3)11-14(16)13-7-5-6-8-15(13)19-4/h5-8,12,14H,9-11,16H2,1-4H3. The van der Waals surface area contributed by atoms with E-state index in [4.69, 9.17) is 15.2 Å². The maximum absolute atomic E-state index is 6.32. The second-order valence-electron chi connectivity index (χ2n) is 4.93. The van der Waals surface area contributed by atoms with Crippen LogP contribution in [0.1, 0.15) is 25.5 Å². The van der Waals surface area contributed by atoms with E-state index >= 15 is 0 Å². The topological polar surface area (TPSA) is 47.7 Å². The van der Waals surface area contributed by atoms with Crippen molar-refractivity contribution in [1.29, 1.82) is 0 Å². The molecule has 0 amide bonds. The zero-order valence-corrected chi connectivity index (χ0v) is 12.4. The van der Waals surface area contributed by atoms with Crippen LogP contribution < -0.4 is 10.5 Å². The number of rotatable bonds is 8. The molecule has 108 valence electrons. The molecule has 1 aromatic rings. The van der Waals surface area contributed by atoms with Crippen molar-refractivity contribution in [3.05, 3.63) is 29.8 Å². The van der Waals surface area contributed by atoms with E-state index in [1.807, 2.05) is 24.3 Å². The van der Waals surface area contributed by atoms with Gasteiger partial charge in [-0.25, -0.2) is 0 Å². The largest absolute Gasteiger partial charge is 0.496 e. The molecule has 0 aliphatic heterocycles. The molecule has 0 bridgehead atoms. The summed E-state index contributed by atoms with van der Waals surface area (Å²) in [6.45, 7) is 6.74. The van der Waals surface area contributed by atoms with Gasteiger partial charge in [0.15, 0.2) is 0 Å². The number of para-hydroxylation sites is 1. The monoisotopic (exact) mass is 266 g/mol. The van der Waals surface area contributed by atoms with Crippen LogP contribution in [-0.4, -0.2) is 44.9 Å². The Kier molecular flexibility index (Phi) is 6.84. The smallest absolute Gasteiger partial charge is 0.123 e. The average molecular weight is 266 g/mol. The number of ether oxygens (including phenoxy) is 2. The second-order valence-corrected chi connectivity index (χ2v) is 4.93. The van der Waals surface area contributed by atoms with Gasteiger partial charge in [0, 0.05) is 37.8 Å². The molecule has 0 aromatic heterocycles. The summed E-state index contributed by atoms with van der Waals surface area (Å²) in [5.74, 6) is 0.852. The molecule has 4 nitrogen and oxygen atoms in total. The average Bonchev–Trinajstić information content (AvgIpc) is 2.42. The van der Waals surface area contributed by atoms with Gasteiger partial charge in [-0.3, -0.25) is 4.90 Å². The summed E-state index contributed by atoms with van der Waals surface area (Å²) in [6, 6.07) is 8.31. The van der Waals surface area contributed by atoms with Crippen LogP contribution in [0.2, 0.25) is 0 Å². The zero-order valence-electron chi connectivity index (χ0n) is 12.4. The molecule has 1 atom stereocenters. The van der Waals surface area contributed by atoms with Crippen molar-refractivity contribution >= 4 is 0 Å².